The molecule has 4 aromatic carbocycles. The summed E-state index contributed by atoms with van der Waals surface area (Å²) in [5.74, 6) is -0.435. The third kappa shape index (κ3) is 7.39. The maximum absolute atomic E-state index is 11.5. The number of hydrogen-bond donors (Lipinski definition) is 0. The standard InChI is InChI=1S/C37H34N2O7S4/c1-2-25(21-35-39(18-8-20-50(43,44)45)37-28-10-4-3-9-26(28)13-15-32(37)46-35)22-36-38(17-7-19-49(40,41)42)31-23-27(14-16-34(31)48-36)30-24-47-33-12-6-5-11-29(30)33/h3-6,9-16,21-24H,2,7-8,17-20H2,1H3,(H-,40,41,42,43,44,45)/p-1. The predicted molar refractivity (Wildman–Crippen MR) is 199 cm³/mol. The van der Waals surface area contributed by atoms with Gasteiger partial charge in [-0.25, -0.2) is 16.8 Å². The number of nitrogens with zero attached hydrogens (tertiary/aromatic N) is 2. The third-order valence-electron chi connectivity index (χ3n) is 8.71. The second kappa shape index (κ2) is 14.0. The van der Waals surface area contributed by atoms with Crippen molar-refractivity contribution >= 4 is 87.1 Å². The Morgan fingerprint density at radius 1 is 0.900 bits per heavy atom. The van der Waals surface area contributed by atoms with Crippen LogP contribution in [0.5, 0.6) is 0 Å². The van der Waals surface area contributed by atoms with Gasteiger partial charge < -0.3 is 18.4 Å². The van der Waals surface area contributed by atoms with E-state index in [-0.39, 0.29) is 19.4 Å². The quantitative estimate of drug-likeness (QED) is 0.0906. The second-order valence-electron chi connectivity index (χ2n) is 12.1. The first-order valence-corrected chi connectivity index (χ1v) is 21.0. The maximum atomic E-state index is 11.5. The van der Waals surface area contributed by atoms with E-state index in [4.69, 9.17) is 4.42 Å². The van der Waals surface area contributed by atoms with Gasteiger partial charge >= 0.3 is 5.89 Å². The summed E-state index contributed by atoms with van der Waals surface area (Å²) in [7, 11) is -8.77. The van der Waals surface area contributed by atoms with E-state index in [1.807, 2.05) is 72.2 Å². The number of anilines is 1. The molecule has 13 heteroatoms. The van der Waals surface area contributed by atoms with E-state index < -0.39 is 31.7 Å². The Hall–Kier alpha value is -3.98. The Kier molecular flexibility index (Phi) is 9.63. The molecule has 0 radical (unpaired) electrons. The fraction of sp³-hybridized carbons (Fsp3) is 0.216. The Morgan fingerprint density at radius 3 is 2.42 bits per heavy atom. The average Bonchev–Trinajstić information content (AvgIpc) is 3.76. The van der Waals surface area contributed by atoms with Gasteiger partial charge in [0.1, 0.15) is 0 Å². The first kappa shape index (κ1) is 34.5. The van der Waals surface area contributed by atoms with Gasteiger partial charge in [-0.1, -0.05) is 67.2 Å². The summed E-state index contributed by atoms with van der Waals surface area (Å²) in [5.41, 5.74) is 5.48. The molecule has 7 rings (SSSR count). The number of thioether (sulfide) groups is 1. The summed E-state index contributed by atoms with van der Waals surface area (Å²) in [6.45, 7) is 2.62. The monoisotopic (exact) mass is 745 g/mol. The van der Waals surface area contributed by atoms with Gasteiger partial charge in [-0.3, -0.25) is 0 Å². The van der Waals surface area contributed by atoms with E-state index in [1.54, 1.807) is 23.1 Å². The summed E-state index contributed by atoms with van der Waals surface area (Å²) >= 11 is 3.26. The van der Waals surface area contributed by atoms with E-state index in [2.05, 4.69) is 40.6 Å². The molecule has 1 aliphatic rings. The minimum atomic E-state index is -4.39. The van der Waals surface area contributed by atoms with Crippen molar-refractivity contribution in [1.29, 1.82) is 0 Å². The number of aromatic nitrogens is 1. The van der Waals surface area contributed by atoms with E-state index >= 15 is 0 Å². The van der Waals surface area contributed by atoms with E-state index in [9.17, 15) is 25.9 Å². The van der Waals surface area contributed by atoms with Gasteiger partial charge in [0.2, 0.25) is 5.58 Å². The fourth-order valence-electron chi connectivity index (χ4n) is 6.37. The van der Waals surface area contributed by atoms with Gasteiger partial charge in [0, 0.05) is 45.0 Å². The molecule has 0 bridgehead atoms. The Balaban J connectivity index is 1.29. The number of fused-ring (bicyclic) bond motifs is 5. The molecule has 50 heavy (non-hydrogen) atoms. The van der Waals surface area contributed by atoms with E-state index in [0.717, 1.165) is 48.6 Å². The lowest BCUT2D eigenvalue weighted by atomic mass is 10.0. The molecule has 258 valence electrons. The lowest BCUT2D eigenvalue weighted by Gasteiger charge is -2.22. The molecular formula is C37H33N2O7S4-. The normalized spacial score (nSPS) is 14.8. The number of aryl methyl sites for hydroxylation is 1. The Labute approximate surface area is 299 Å². The summed E-state index contributed by atoms with van der Waals surface area (Å²) in [4.78, 5) is 3.09. The van der Waals surface area contributed by atoms with Gasteiger partial charge in [-0.15, -0.1) is 11.3 Å². The Morgan fingerprint density at radius 2 is 1.64 bits per heavy atom. The van der Waals surface area contributed by atoms with Crippen LogP contribution in [0.15, 0.2) is 110 Å². The zero-order valence-electron chi connectivity index (χ0n) is 27.1. The molecule has 0 spiro atoms. The molecule has 3 heterocycles. The zero-order chi connectivity index (χ0) is 35.0. The van der Waals surface area contributed by atoms with Crippen molar-refractivity contribution in [3.05, 3.63) is 107 Å². The van der Waals surface area contributed by atoms with Gasteiger partial charge in [0.25, 0.3) is 5.52 Å². The van der Waals surface area contributed by atoms with Crippen LogP contribution >= 0.6 is 23.1 Å². The largest absolute Gasteiger partial charge is 0.748 e. The van der Waals surface area contributed by atoms with Crippen molar-refractivity contribution in [3.63, 3.8) is 0 Å². The minimum absolute atomic E-state index is 0.126. The number of thiophene rings is 1. The lowest BCUT2D eigenvalue weighted by molar-refractivity contribution is -0.677. The summed E-state index contributed by atoms with van der Waals surface area (Å²) in [6, 6.07) is 26.3. The fourth-order valence-corrected chi connectivity index (χ4v) is 9.45. The topological polar surface area (TPSA) is 135 Å². The highest BCUT2D eigenvalue weighted by atomic mass is 32.2. The highest BCUT2D eigenvalue weighted by molar-refractivity contribution is 8.03. The van der Waals surface area contributed by atoms with Crippen molar-refractivity contribution in [1.82, 2.24) is 0 Å². The molecule has 2 aromatic heterocycles. The number of allylic oxidation sites excluding steroid dienone is 2. The highest BCUT2D eigenvalue weighted by Gasteiger charge is 2.28. The minimum Gasteiger partial charge on any atom is -0.748 e. The molecule has 6 aromatic rings. The van der Waals surface area contributed by atoms with Crippen LogP contribution in [-0.4, -0.2) is 44.0 Å². The summed E-state index contributed by atoms with van der Waals surface area (Å²) in [5, 5.41) is 6.15. The van der Waals surface area contributed by atoms with Crippen LogP contribution in [0.25, 0.3) is 49.2 Å². The van der Waals surface area contributed by atoms with Crippen molar-refractivity contribution in [2.75, 3.05) is 23.0 Å². The predicted octanol–water partition coefficient (Wildman–Crippen LogP) is 7.87. The highest BCUT2D eigenvalue weighted by Crippen LogP contribution is 2.49. The maximum Gasteiger partial charge on any atom is 0.374 e. The molecule has 0 N–H and O–H groups in total. The van der Waals surface area contributed by atoms with Gasteiger partial charge in [-0.2, -0.15) is 4.57 Å². The molecular weight excluding hydrogens is 713 g/mol. The lowest BCUT2D eigenvalue weighted by Crippen LogP contribution is -2.36. The summed E-state index contributed by atoms with van der Waals surface area (Å²) < 4.78 is 78.6. The summed E-state index contributed by atoms with van der Waals surface area (Å²) in [6.07, 6.45) is 4.90. The Bertz CT molecular complexity index is 2530. The van der Waals surface area contributed by atoms with Crippen LogP contribution < -0.4 is 9.47 Å². The molecule has 0 saturated carbocycles. The van der Waals surface area contributed by atoms with Gasteiger partial charge in [-0.05, 0) is 71.2 Å². The number of hydrogen-bond acceptors (Lipinski definition) is 10. The molecule has 1 aliphatic heterocycles. The second-order valence-corrected chi connectivity index (χ2v) is 17.1. The van der Waals surface area contributed by atoms with Crippen LogP contribution in [0.2, 0.25) is 0 Å². The zero-order valence-corrected chi connectivity index (χ0v) is 30.3. The molecule has 0 fully saturated rings. The molecule has 0 amide bonds. The number of benzene rings is 4. The molecule has 0 atom stereocenters. The molecule has 9 nitrogen and oxygen atoms in total. The molecule has 0 saturated heterocycles. The van der Waals surface area contributed by atoms with Crippen LogP contribution in [0.3, 0.4) is 0 Å². The first-order valence-electron chi connectivity index (χ1n) is 16.2. The van der Waals surface area contributed by atoms with E-state index in [1.165, 1.54) is 10.1 Å². The van der Waals surface area contributed by atoms with Crippen molar-refractivity contribution < 1.29 is 34.9 Å². The van der Waals surface area contributed by atoms with Crippen molar-refractivity contribution in [2.24, 2.45) is 0 Å². The smallest absolute Gasteiger partial charge is 0.374 e. The average molecular weight is 746 g/mol. The van der Waals surface area contributed by atoms with Crippen molar-refractivity contribution in [3.8, 4) is 11.1 Å². The first-order chi connectivity index (χ1) is 24.0. The number of oxazole rings is 1. The van der Waals surface area contributed by atoms with Crippen molar-refractivity contribution in [2.45, 2.75) is 37.6 Å². The SMILES string of the molecule is CCC(/C=C1\Sc2ccc(-c3csc4ccccc34)cc2N1CCCS(=O)(=O)[O-])=C\c1oc2ccc3ccccc3c2[n+]1CCCS(=O)(=O)[O-]. The van der Waals surface area contributed by atoms with Gasteiger partial charge in [0.15, 0.2) is 6.54 Å². The molecule has 0 aliphatic carbocycles. The van der Waals surface area contributed by atoms with Crippen LogP contribution in [-0.2, 0) is 26.8 Å². The van der Waals surface area contributed by atoms with Crippen LogP contribution in [0.1, 0.15) is 32.1 Å². The van der Waals surface area contributed by atoms with Gasteiger partial charge in [0.05, 0.1) is 42.4 Å². The van der Waals surface area contributed by atoms with Crippen LogP contribution in [0.4, 0.5) is 5.69 Å². The van der Waals surface area contributed by atoms with E-state index in [0.29, 0.717) is 24.4 Å². The third-order valence-corrected chi connectivity index (χ3v) is 12.4. The number of rotatable bonds is 12. The molecule has 0 unspecified atom stereocenters. The van der Waals surface area contributed by atoms with Crippen LogP contribution in [0, 0.1) is 0 Å².